The fraction of sp³-hybridized carbons (Fsp3) is 0.368. The Morgan fingerprint density at radius 2 is 1.30 bits per heavy atom. The molecule has 0 saturated carbocycles. The quantitative estimate of drug-likeness (QED) is 0.641. The van der Waals surface area contributed by atoms with Crippen LogP contribution in [0.2, 0.25) is 0 Å². The number of likely N-dealkylation sites (N-methyl/N-ethyl adjacent to an activating group) is 1. The maximum absolute atomic E-state index is 6.04. The Labute approximate surface area is 138 Å². The van der Waals surface area contributed by atoms with Gasteiger partial charge in [-0.2, -0.15) is 0 Å². The van der Waals surface area contributed by atoms with Gasteiger partial charge in [-0.05, 0) is 42.1 Å². The van der Waals surface area contributed by atoms with E-state index in [9.17, 15) is 0 Å². The molecule has 0 fully saturated rings. The molecule has 0 saturated heterocycles. The van der Waals surface area contributed by atoms with Crippen molar-refractivity contribution in [2.75, 3.05) is 7.05 Å². The highest BCUT2D eigenvalue weighted by Gasteiger charge is 2.27. The first-order valence-electron chi connectivity index (χ1n) is 8.21. The van der Waals surface area contributed by atoms with Crippen LogP contribution in [0.25, 0.3) is 0 Å². The third-order valence-electron chi connectivity index (χ3n) is 4.99. The minimum absolute atomic E-state index is 0.0474. The summed E-state index contributed by atoms with van der Waals surface area (Å²) >= 11 is 0. The van der Waals surface area contributed by atoms with Gasteiger partial charge in [0.15, 0.2) is 0 Å². The van der Waals surface area contributed by atoms with Gasteiger partial charge < -0.3 is 22.5 Å². The highest BCUT2D eigenvalue weighted by Crippen LogP contribution is 2.29. The van der Waals surface area contributed by atoms with Crippen molar-refractivity contribution in [3.63, 3.8) is 0 Å². The SMILES string of the molecule is CNC1Cc2ccccc2C1N.NC1Cc2ccccc2C1N. The largest absolute Gasteiger partial charge is 0.326 e. The van der Waals surface area contributed by atoms with E-state index in [1.165, 1.54) is 22.3 Å². The maximum atomic E-state index is 6.04. The van der Waals surface area contributed by atoms with Gasteiger partial charge in [-0.25, -0.2) is 0 Å². The van der Waals surface area contributed by atoms with Gasteiger partial charge in [0.2, 0.25) is 0 Å². The third-order valence-corrected chi connectivity index (χ3v) is 4.99. The minimum atomic E-state index is 0.0474. The van der Waals surface area contributed by atoms with Crippen LogP contribution in [0.3, 0.4) is 0 Å². The Kier molecular flexibility index (Phi) is 4.78. The molecular formula is C19H26N4. The first-order valence-corrected chi connectivity index (χ1v) is 8.21. The van der Waals surface area contributed by atoms with Gasteiger partial charge >= 0.3 is 0 Å². The van der Waals surface area contributed by atoms with E-state index in [4.69, 9.17) is 17.2 Å². The van der Waals surface area contributed by atoms with Crippen LogP contribution in [-0.2, 0) is 12.8 Å². The lowest BCUT2D eigenvalue weighted by Gasteiger charge is -2.14. The number of nitrogens with two attached hydrogens (primary N) is 3. The molecular weight excluding hydrogens is 284 g/mol. The molecule has 2 aliphatic rings. The van der Waals surface area contributed by atoms with E-state index >= 15 is 0 Å². The van der Waals surface area contributed by atoms with E-state index < -0.39 is 0 Å². The molecule has 2 aliphatic carbocycles. The van der Waals surface area contributed by atoms with Gasteiger partial charge in [0.05, 0.1) is 0 Å². The molecule has 0 amide bonds. The molecule has 7 N–H and O–H groups in total. The first-order chi connectivity index (χ1) is 11.1. The topological polar surface area (TPSA) is 90.1 Å². The fourth-order valence-electron chi connectivity index (χ4n) is 3.56. The van der Waals surface area contributed by atoms with E-state index in [1.807, 2.05) is 19.2 Å². The summed E-state index contributed by atoms with van der Waals surface area (Å²) in [6.45, 7) is 0. The van der Waals surface area contributed by atoms with Crippen molar-refractivity contribution >= 4 is 0 Å². The molecule has 0 bridgehead atoms. The average molecular weight is 310 g/mol. The van der Waals surface area contributed by atoms with Crippen LogP contribution in [0.1, 0.15) is 34.3 Å². The van der Waals surface area contributed by atoms with E-state index in [0.717, 1.165) is 12.8 Å². The first kappa shape index (κ1) is 16.1. The summed E-state index contributed by atoms with van der Waals surface area (Å²) in [5, 5.41) is 3.24. The van der Waals surface area contributed by atoms with E-state index in [2.05, 4.69) is 41.7 Å². The van der Waals surface area contributed by atoms with Crippen molar-refractivity contribution in [2.24, 2.45) is 17.2 Å². The molecule has 4 atom stereocenters. The van der Waals surface area contributed by atoms with Crippen molar-refractivity contribution in [2.45, 2.75) is 37.0 Å². The Hall–Kier alpha value is -1.72. The lowest BCUT2D eigenvalue weighted by Crippen LogP contribution is -2.33. The van der Waals surface area contributed by atoms with E-state index in [1.54, 1.807) is 0 Å². The normalized spacial score (nSPS) is 27.8. The number of fused-ring (bicyclic) bond motifs is 2. The maximum Gasteiger partial charge on any atom is 0.0456 e. The Bertz CT molecular complexity index is 670. The predicted octanol–water partition coefficient (Wildman–Crippen LogP) is 1.40. The summed E-state index contributed by atoms with van der Waals surface area (Å²) < 4.78 is 0. The van der Waals surface area contributed by atoms with Gasteiger partial charge in [-0.3, -0.25) is 0 Å². The number of rotatable bonds is 1. The Balaban J connectivity index is 0.000000136. The Morgan fingerprint density at radius 3 is 1.83 bits per heavy atom. The van der Waals surface area contributed by atoms with Gasteiger partial charge in [0, 0.05) is 24.2 Å². The molecule has 2 aromatic carbocycles. The van der Waals surface area contributed by atoms with Gasteiger partial charge in [-0.15, -0.1) is 0 Å². The summed E-state index contributed by atoms with van der Waals surface area (Å²) in [5.74, 6) is 0. The summed E-state index contributed by atoms with van der Waals surface area (Å²) in [5.41, 5.74) is 22.9. The molecule has 2 aromatic rings. The smallest absolute Gasteiger partial charge is 0.0456 e. The lowest BCUT2D eigenvalue weighted by atomic mass is 10.1. The van der Waals surface area contributed by atoms with E-state index in [-0.39, 0.29) is 18.1 Å². The van der Waals surface area contributed by atoms with E-state index in [0.29, 0.717) is 6.04 Å². The molecule has 0 aromatic heterocycles. The molecule has 4 nitrogen and oxygen atoms in total. The molecule has 0 aliphatic heterocycles. The van der Waals surface area contributed by atoms with Gasteiger partial charge in [-0.1, -0.05) is 48.5 Å². The zero-order chi connectivity index (χ0) is 16.4. The number of hydrogen-bond acceptors (Lipinski definition) is 4. The molecule has 0 heterocycles. The zero-order valence-corrected chi connectivity index (χ0v) is 13.6. The molecule has 0 radical (unpaired) electrons. The second-order valence-corrected chi connectivity index (χ2v) is 6.42. The zero-order valence-electron chi connectivity index (χ0n) is 13.6. The van der Waals surface area contributed by atoms with Crippen LogP contribution in [0.5, 0.6) is 0 Å². The van der Waals surface area contributed by atoms with Crippen molar-refractivity contribution in [3.05, 3.63) is 70.8 Å². The summed E-state index contributed by atoms with van der Waals surface area (Å²) in [6.07, 6.45) is 1.99. The summed E-state index contributed by atoms with van der Waals surface area (Å²) in [4.78, 5) is 0. The fourth-order valence-corrected chi connectivity index (χ4v) is 3.56. The monoisotopic (exact) mass is 310 g/mol. The minimum Gasteiger partial charge on any atom is -0.326 e. The third kappa shape index (κ3) is 3.16. The summed E-state index contributed by atoms with van der Waals surface area (Å²) in [6, 6.07) is 17.4. The predicted molar refractivity (Wildman–Crippen MR) is 95.0 cm³/mol. The molecule has 122 valence electrons. The van der Waals surface area contributed by atoms with Crippen LogP contribution in [0.15, 0.2) is 48.5 Å². The average Bonchev–Trinajstić information content (AvgIpc) is 3.06. The molecule has 0 spiro atoms. The molecule has 4 unspecified atom stereocenters. The van der Waals surface area contributed by atoms with Gasteiger partial charge in [0.25, 0.3) is 0 Å². The van der Waals surface area contributed by atoms with Crippen LogP contribution >= 0.6 is 0 Å². The van der Waals surface area contributed by atoms with Crippen molar-refractivity contribution in [1.29, 1.82) is 0 Å². The summed E-state index contributed by atoms with van der Waals surface area (Å²) in [7, 11) is 1.97. The number of benzene rings is 2. The van der Waals surface area contributed by atoms with Crippen molar-refractivity contribution in [1.82, 2.24) is 5.32 Å². The molecule has 4 rings (SSSR count). The highest BCUT2D eigenvalue weighted by atomic mass is 14.9. The standard InChI is InChI=1S/C10H14N2.C9H12N2/c1-12-9-6-7-4-2-3-5-8(7)10(9)11;10-8-5-6-3-1-2-4-7(6)9(8)11/h2-5,9-10,12H,6,11H2,1H3;1-4,8-9H,5,10-11H2. The van der Waals surface area contributed by atoms with Crippen LogP contribution in [0.4, 0.5) is 0 Å². The Morgan fingerprint density at radius 1 is 0.783 bits per heavy atom. The second kappa shape index (κ2) is 6.81. The van der Waals surface area contributed by atoms with Crippen molar-refractivity contribution < 1.29 is 0 Å². The van der Waals surface area contributed by atoms with Crippen LogP contribution < -0.4 is 22.5 Å². The van der Waals surface area contributed by atoms with Crippen LogP contribution in [0, 0.1) is 0 Å². The van der Waals surface area contributed by atoms with Crippen LogP contribution in [-0.4, -0.2) is 19.1 Å². The second-order valence-electron chi connectivity index (χ2n) is 6.42. The van der Waals surface area contributed by atoms with Gasteiger partial charge in [0.1, 0.15) is 0 Å². The number of nitrogens with one attached hydrogen (secondary N) is 1. The lowest BCUT2D eigenvalue weighted by molar-refractivity contribution is 0.506. The molecule has 4 heteroatoms. The molecule has 23 heavy (non-hydrogen) atoms. The van der Waals surface area contributed by atoms with Crippen molar-refractivity contribution in [3.8, 4) is 0 Å². The number of hydrogen-bond donors (Lipinski definition) is 4. The highest BCUT2D eigenvalue weighted by molar-refractivity contribution is 5.37.